The molecule has 2 aliphatic rings. The van der Waals surface area contributed by atoms with Gasteiger partial charge in [0.05, 0.1) is 12.7 Å². The minimum Gasteiger partial charge on any atom is -0.373 e. The van der Waals surface area contributed by atoms with Crippen molar-refractivity contribution in [1.82, 2.24) is 15.5 Å². The maximum absolute atomic E-state index is 5.96. The zero-order valence-corrected chi connectivity index (χ0v) is 13.2. The third-order valence-electron chi connectivity index (χ3n) is 3.92. The van der Waals surface area contributed by atoms with Gasteiger partial charge in [-0.3, -0.25) is 9.89 Å². The molecule has 5 heteroatoms. The second kappa shape index (κ2) is 7.84. The Morgan fingerprint density at radius 1 is 1.40 bits per heavy atom. The van der Waals surface area contributed by atoms with Crippen LogP contribution in [0, 0.1) is 5.92 Å². The summed E-state index contributed by atoms with van der Waals surface area (Å²) in [4.78, 5) is 7.17. The Labute approximate surface area is 123 Å². The predicted octanol–water partition coefficient (Wildman–Crippen LogP) is 1.06. The largest absolute Gasteiger partial charge is 0.373 e. The fourth-order valence-corrected chi connectivity index (χ4v) is 2.84. The Hall–Kier alpha value is -0.810. The van der Waals surface area contributed by atoms with Gasteiger partial charge in [0.2, 0.25) is 0 Å². The van der Waals surface area contributed by atoms with Gasteiger partial charge in [0.1, 0.15) is 0 Å². The first-order valence-corrected chi connectivity index (χ1v) is 8.07. The number of nitrogens with one attached hydrogen (secondary N) is 2. The van der Waals surface area contributed by atoms with Crippen molar-refractivity contribution in [3.05, 3.63) is 0 Å². The fourth-order valence-electron chi connectivity index (χ4n) is 2.84. The Kier molecular flexibility index (Phi) is 6.10. The highest BCUT2D eigenvalue weighted by atomic mass is 16.5. The summed E-state index contributed by atoms with van der Waals surface area (Å²) in [5.74, 6) is 1.50. The van der Waals surface area contributed by atoms with Crippen LogP contribution in [0.15, 0.2) is 4.99 Å². The van der Waals surface area contributed by atoms with E-state index in [-0.39, 0.29) is 6.10 Å². The third-order valence-corrected chi connectivity index (χ3v) is 3.92. The lowest BCUT2D eigenvalue weighted by atomic mass is 10.2. The number of hydrogen-bond donors (Lipinski definition) is 2. The first-order chi connectivity index (χ1) is 9.69. The zero-order valence-electron chi connectivity index (χ0n) is 13.2. The Morgan fingerprint density at radius 2 is 2.25 bits per heavy atom. The average molecular weight is 282 g/mol. The highest BCUT2D eigenvalue weighted by Gasteiger charge is 2.32. The molecule has 0 aliphatic carbocycles. The molecule has 0 radical (unpaired) electrons. The summed E-state index contributed by atoms with van der Waals surface area (Å²) < 4.78 is 5.96. The third kappa shape index (κ3) is 4.63. The molecule has 0 aromatic heterocycles. The summed E-state index contributed by atoms with van der Waals surface area (Å²) in [7, 11) is 0. The van der Waals surface area contributed by atoms with Gasteiger partial charge >= 0.3 is 0 Å². The van der Waals surface area contributed by atoms with Gasteiger partial charge in [0.15, 0.2) is 5.96 Å². The van der Waals surface area contributed by atoms with Gasteiger partial charge in [-0.1, -0.05) is 13.8 Å². The van der Waals surface area contributed by atoms with Crippen LogP contribution in [-0.2, 0) is 4.74 Å². The lowest BCUT2D eigenvalue weighted by Gasteiger charge is -2.35. The molecule has 5 nitrogen and oxygen atoms in total. The van der Waals surface area contributed by atoms with E-state index in [9.17, 15) is 0 Å². The maximum Gasteiger partial charge on any atom is 0.191 e. The average Bonchev–Trinajstić information content (AvgIpc) is 2.89. The molecule has 0 aromatic carbocycles. The smallest absolute Gasteiger partial charge is 0.191 e. The van der Waals surface area contributed by atoms with Gasteiger partial charge in [-0.15, -0.1) is 0 Å². The van der Waals surface area contributed by atoms with Crippen molar-refractivity contribution < 1.29 is 4.74 Å². The Morgan fingerprint density at radius 3 is 3.00 bits per heavy atom. The summed E-state index contributed by atoms with van der Waals surface area (Å²) in [5, 5.41) is 6.71. The normalized spacial score (nSPS) is 27.7. The molecule has 2 saturated heterocycles. The SMILES string of the molecule is CCNC(=NCC(C)C)NCC1CN2CCCC2CO1. The van der Waals surface area contributed by atoms with E-state index in [1.54, 1.807) is 0 Å². The van der Waals surface area contributed by atoms with E-state index in [0.717, 1.165) is 38.7 Å². The van der Waals surface area contributed by atoms with Crippen LogP contribution in [0.2, 0.25) is 0 Å². The van der Waals surface area contributed by atoms with Crippen molar-refractivity contribution in [3.63, 3.8) is 0 Å². The zero-order chi connectivity index (χ0) is 14.4. The first-order valence-electron chi connectivity index (χ1n) is 8.07. The van der Waals surface area contributed by atoms with Gasteiger partial charge in [-0.25, -0.2) is 0 Å². The predicted molar refractivity (Wildman–Crippen MR) is 83.2 cm³/mol. The van der Waals surface area contributed by atoms with Crippen LogP contribution < -0.4 is 10.6 Å². The number of aliphatic imine (C=N–C) groups is 1. The molecule has 20 heavy (non-hydrogen) atoms. The molecule has 0 saturated carbocycles. The minimum atomic E-state index is 0.284. The fraction of sp³-hybridized carbons (Fsp3) is 0.933. The summed E-state index contributed by atoms with van der Waals surface area (Å²) in [5.41, 5.74) is 0. The van der Waals surface area contributed by atoms with Crippen LogP contribution in [-0.4, -0.2) is 62.3 Å². The standard InChI is InChI=1S/C15H30N4O/c1-4-16-15(17-8-12(2)3)18-9-14-10-19-7-5-6-13(19)11-20-14/h12-14H,4-11H2,1-3H3,(H2,16,17,18). The van der Waals surface area contributed by atoms with E-state index in [1.165, 1.54) is 19.4 Å². The molecule has 116 valence electrons. The van der Waals surface area contributed by atoms with Gasteiger partial charge in [-0.05, 0) is 32.2 Å². The lowest BCUT2D eigenvalue weighted by Crippen LogP contribution is -2.51. The molecule has 0 bridgehead atoms. The number of hydrogen-bond acceptors (Lipinski definition) is 3. The topological polar surface area (TPSA) is 48.9 Å². The van der Waals surface area contributed by atoms with E-state index in [2.05, 4.69) is 41.3 Å². The summed E-state index contributed by atoms with van der Waals surface area (Å²) in [6.07, 6.45) is 2.91. The number of morpholine rings is 1. The quantitative estimate of drug-likeness (QED) is 0.585. The molecule has 2 heterocycles. The monoisotopic (exact) mass is 282 g/mol. The summed E-state index contributed by atoms with van der Waals surface area (Å²) >= 11 is 0. The molecule has 2 rings (SSSR count). The Bertz CT molecular complexity index is 319. The maximum atomic E-state index is 5.96. The number of fused-ring (bicyclic) bond motifs is 1. The number of ether oxygens (including phenoxy) is 1. The van der Waals surface area contributed by atoms with Crippen molar-refractivity contribution in [2.75, 3.05) is 39.3 Å². The Balaban J connectivity index is 1.75. The second-order valence-corrected chi connectivity index (χ2v) is 6.24. The number of guanidine groups is 1. The van der Waals surface area contributed by atoms with E-state index in [4.69, 9.17) is 4.74 Å². The molecular formula is C15H30N4O. The number of rotatable bonds is 5. The van der Waals surface area contributed by atoms with Gasteiger partial charge in [0, 0.05) is 32.2 Å². The van der Waals surface area contributed by atoms with E-state index < -0.39 is 0 Å². The van der Waals surface area contributed by atoms with E-state index >= 15 is 0 Å². The molecular weight excluding hydrogens is 252 g/mol. The van der Waals surface area contributed by atoms with Crippen LogP contribution >= 0.6 is 0 Å². The highest BCUT2D eigenvalue weighted by molar-refractivity contribution is 5.79. The van der Waals surface area contributed by atoms with Crippen molar-refractivity contribution in [2.24, 2.45) is 10.9 Å². The molecule has 0 aromatic rings. The van der Waals surface area contributed by atoms with E-state index in [0.29, 0.717) is 12.0 Å². The van der Waals surface area contributed by atoms with Crippen molar-refractivity contribution in [1.29, 1.82) is 0 Å². The molecule has 2 unspecified atom stereocenters. The molecule has 2 atom stereocenters. The summed E-state index contributed by atoms with van der Waals surface area (Å²) in [6.45, 7) is 12.2. The van der Waals surface area contributed by atoms with Crippen LogP contribution in [0.25, 0.3) is 0 Å². The van der Waals surface area contributed by atoms with Crippen molar-refractivity contribution in [2.45, 2.75) is 45.8 Å². The van der Waals surface area contributed by atoms with Crippen molar-refractivity contribution in [3.8, 4) is 0 Å². The van der Waals surface area contributed by atoms with Gasteiger partial charge < -0.3 is 15.4 Å². The van der Waals surface area contributed by atoms with Crippen LogP contribution in [0.4, 0.5) is 0 Å². The minimum absolute atomic E-state index is 0.284. The summed E-state index contributed by atoms with van der Waals surface area (Å²) in [6, 6.07) is 0.675. The van der Waals surface area contributed by atoms with Crippen LogP contribution in [0.1, 0.15) is 33.6 Å². The van der Waals surface area contributed by atoms with Crippen LogP contribution in [0.5, 0.6) is 0 Å². The second-order valence-electron chi connectivity index (χ2n) is 6.24. The molecule has 2 aliphatic heterocycles. The lowest BCUT2D eigenvalue weighted by molar-refractivity contribution is -0.0453. The van der Waals surface area contributed by atoms with Gasteiger partial charge in [0.25, 0.3) is 0 Å². The molecule has 0 spiro atoms. The van der Waals surface area contributed by atoms with E-state index in [1.807, 2.05) is 0 Å². The molecule has 2 N–H and O–H groups in total. The number of nitrogens with zero attached hydrogens (tertiary/aromatic N) is 2. The highest BCUT2D eigenvalue weighted by Crippen LogP contribution is 2.22. The first kappa shape index (κ1) is 15.6. The molecule has 2 fully saturated rings. The van der Waals surface area contributed by atoms with Crippen LogP contribution in [0.3, 0.4) is 0 Å². The van der Waals surface area contributed by atoms with Crippen molar-refractivity contribution >= 4 is 5.96 Å². The van der Waals surface area contributed by atoms with Gasteiger partial charge in [-0.2, -0.15) is 0 Å². The molecule has 0 amide bonds.